The number of hydrogen-bond donors (Lipinski definition) is 5. The summed E-state index contributed by atoms with van der Waals surface area (Å²) in [5.74, 6) is -1.79. The van der Waals surface area contributed by atoms with E-state index in [1.807, 2.05) is 69.3 Å². The molecule has 3 aromatic carbocycles. The van der Waals surface area contributed by atoms with Crippen LogP contribution in [0.3, 0.4) is 0 Å². The fourth-order valence-corrected chi connectivity index (χ4v) is 8.32. The second-order valence-corrected chi connectivity index (χ2v) is 15.3. The van der Waals surface area contributed by atoms with Crippen LogP contribution < -0.4 is 25.8 Å². The van der Waals surface area contributed by atoms with Crippen LogP contribution in [0.2, 0.25) is 0 Å². The number of carbonyl (C=O) groups is 3. The predicted octanol–water partition coefficient (Wildman–Crippen LogP) is 4.20. The van der Waals surface area contributed by atoms with Gasteiger partial charge in [0.15, 0.2) is 0 Å². The number of sulfonamides is 1. The first kappa shape index (κ1) is 37.2. The number of ether oxygens (including phenoxy) is 2. The number of benzene rings is 3. The molecule has 13 nitrogen and oxygen atoms in total. The number of fused-ring (bicyclic) bond motifs is 4. The summed E-state index contributed by atoms with van der Waals surface area (Å²) in [7, 11) is -4.10. The largest absolute Gasteiger partial charge is 0.487 e. The quantitative estimate of drug-likeness (QED) is 0.103. The van der Waals surface area contributed by atoms with Crippen molar-refractivity contribution >= 4 is 34.0 Å². The Morgan fingerprint density at radius 3 is 2.22 bits per heavy atom. The van der Waals surface area contributed by atoms with Crippen molar-refractivity contribution in [2.24, 2.45) is 10.7 Å². The van der Waals surface area contributed by atoms with Gasteiger partial charge in [-0.25, -0.2) is 22.7 Å². The summed E-state index contributed by atoms with van der Waals surface area (Å²) in [6.45, 7) is 10.6. The third-order valence-corrected chi connectivity index (χ3v) is 11.0. The van der Waals surface area contributed by atoms with Crippen molar-refractivity contribution in [2.45, 2.75) is 89.3 Å². The zero-order valence-electron chi connectivity index (χ0n) is 29.6. The first-order valence-corrected chi connectivity index (χ1v) is 18.3. The van der Waals surface area contributed by atoms with Crippen molar-refractivity contribution in [1.82, 2.24) is 15.4 Å². The van der Waals surface area contributed by atoms with Crippen molar-refractivity contribution in [1.29, 1.82) is 0 Å². The molecule has 5 rings (SSSR count). The first-order chi connectivity index (χ1) is 24.0. The molecule has 2 atom stereocenters. The Hall–Kier alpha value is -5.11. The Labute approximate surface area is 298 Å². The lowest BCUT2D eigenvalue weighted by Crippen LogP contribution is -2.50. The molecule has 0 saturated heterocycles. The fraction of sp³-hybridized carbons (Fsp3) is 0.405. The van der Waals surface area contributed by atoms with E-state index in [-0.39, 0.29) is 42.8 Å². The van der Waals surface area contributed by atoms with Crippen LogP contribution in [-0.4, -0.2) is 68.3 Å². The normalized spacial score (nSPS) is 15.8. The molecule has 0 spiro atoms. The van der Waals surface area contributed by atoms with Crippen molar-refractivity contribution in [3.05, 3.63) is 81.9 Å². The van der Waals surface area contributed by atoms with Crippen LogP contribution in [0.5, 0.6) is 5.75 Å². The van der Waals surface area contributed by atoms with Crippen LogP contribution in [0.4, 0.5) is 4.79 Å². The molecule has 272 valence electrons. The highest BCUT2D eigenvalue weighted by atomic mass is 32.2. The molecule has 1 aliphatic carbocycles. The fourth-order valence-electron chi connectivity index (χ4n) is 6.80. The van der Waals surface area contributed by atoms with Crippen molar-refractivity contribution in [3.8, 4) is 16.9 Å². The number of guanidine groups is 1. The van der Waals surface area contributed by atoms with E-state index in [0.29, 0.717) is 23.3 Å². The van der Waals surface area contributed by atoms with Crippen LogP contribution >= 0.6 is 0 Å². The highest BCUT2D eigenvalue weighted by molar-refractivity contribution is 7.90. The number of carbonyl (C=O) groups excluding carboxylic acids is 2. The number of carboxylic acids is 1. The molecule has 0 bridgehead atoms. The van der Waals surface area contributed by atoms with Crippen LogP contribution in [0.15, 0.2) is 58.4 Å². The van der Waals surface area contributed by atoms with Gasteiger partial charge in [-0.2, -0.15) is 0 Å². The molecule has 2 amide bonds. The van der Waals surface area contributed by atoms with Gasteiger partial charge in [-0.05, 0) is 93.3 Å². The maximum Gasteiger partial charge on any atom is 0.407 e. The summed E-state index contributed by atoms with van der Waals surface area (Å²) < 4.78 is 40.7. The van der Waals surface area contributed by atoms with Crippen LogP contribution in [-0.2, 0) is 30.8 Å². The topological polar surface area (TPSA) is 199 Å². The zero-order chi connectivity index (χ0) is 37.2. The summed E-state index contributed by atoms with van der Waals surface area (Å²) in [6, 6.07) is 13.4. The molecule has 2 aliphatic rings. The lowest BCUT2D eigenvalue weighted by molar-refractivity contribution is -0.142. The predicted molar refractivity (Wildman–Crippen MR) is 192 cm³/mol. The van der Waals surface area contributed by atoms with E-state index in [1.165, 1.54) is 6.92 Å². The zero-order valence-corrected chi connectivity index (χ0v) is 30.4. The minimum Gasteiger partial charge on any atom is -0.487 e. The average molecular weight is 720 g/mol. The maximum absolute atomic E-state index is 13.4. The monoisotopic (exact) mass is 719 g/mol. The van der Waals surface area contributed by atoms with Gasteiger partial charge in [0.05, 0.1) is 4.90 Å². The van der Waals surface area contributed by atoms with Gasteiger partial charge in [0.25, 0.3) is 10.0 Å². The summed E-state index contributed by atoms with van der Waals surface area (Å²) in [6.07, 6.45) is -0.111. The summed E-state index contributed by atoms with van der Waals surface area (Å²) in [5, 5.41) is 14.6. The number of rotatable bonds is 12. The molecule has 0 fully saturated rings. The van der Waals surface area contributed by atoms with Gasteiger partial charge in [-0.1, -0.05) is 48.5 Å². The second kappa shape index (κ2) is 14.6. The molecular formula is C37H45N5O8S. The standard InChI is InChI=1S/C37H45N5O8S/c1-20-21(2)32(22(3)28-18-37(5,6)50-31(20)28)51(47,48)42-35(38)39-17-11-16-30(34(44)45)41-33(43)23(4)40-36(46)49-19-29-26-14-9-7-12-24(26)25-13-8-10-15-27(25)29/h7-10,12-15,23,29-30H,11,16-19H2,1-6H3,(H,40,46)(H,41,43)(H,44,45)(H3,38,39,42)/t23-,30-/m0/s1. The van der Waals surface area contributed by atoms with Crippen molar-refractivity contribution in [2.75, 3.05) is 13.2 Å². The molecular weight excluding hydrogens is 675 g/mol. The molecule has 0 saturated carbocycles. The SMILES string of the molecule is Cc1c(C)c(S(=O)(=O)NC(N)=NCCC[C@H](NC(=O)[C@H](C)NC(=O)OCC2c3ccccc3-c3ccccc32)C(=O)O)c(C)c2c1OC(C)(C)C2. The van der Waals surface area contributed by atoms with Gasteiger partial charge < -0.3 is 30.9 Å². The third kappa shape index (κ3) is 7.95. The van der Waals surface area contributed by atoms with E-state index in [9.17, 15) is 27.9 Å². The smallest absolute Gasteiger partial charge is 0.407 e. The summed E-state index contributed by atoms with van der Waals surface area (Å²) in [5.41, 5.74) is 12.5. The van der Waals surface area contributed by atoms with E-state index in [2.05, 4.69) is 20.3 Å². The number of hydrogen-bond acceptors (Lipinski definition) is 8. The number of nitrogens with two attached hydrogens (primary N) is 1. The van der Waals surface area contributed by atoms with Crippen LogP contribution in [0.25, 0.3) is 11.1 Å². The van der Waals surface area contributed by atoms with Crippen molar-refractivity contribution in [3.63, 3.8) is 0 Å². The lowest BCUT2D eigenvalue weighted by Gasteiger charge is -2.19. The van der Waals surface area contributed by atoms with Gasteiger partial charge in [-0.3, -0.25) is 9.79 Å². The van der Waals surface area contributed by atoms with Gasteiger partial charge >= 0.3 is 12.1 Å². The lowest BCUT2D eigenvalue weighted by atomic mass is 9.94. The van der Waals surface area contributed by atoms with Crippen LogP contribution in [0.1, 0.15) is 72.9 Å². The van der Waals surface area contributed by atoms with Gasteiger partial charge in [0, 0.05) is 24.4 Å². The Kier molecular flexibility index (Phi) is 10.7. The molecule has 0 unspecified atom stereocenters. The number of alkyl carbamates (subject to hydrolysis) is 1. The minimum absolute atomic E-state index is 0.00916. The second-order valence-electron chi connectivity index (χ2n) is 13.7. The van der Waals surface area contributed by atoms with E-state index >= 15 is 0 Å². The maximum atomic E-state index is 13.4. The highest BCUT2D eigenvalue weighted by Crippen LogP contribution is 2.45. The molecule has 0 radical (unpaired) electrons. The van der Waals surface area contributed by atoms with E-state index in [4.69, 9.17) is 15.2 Å². The summed E-state index contributed by atoms with van der Waals surface area (Å²) in [4.78, 5) is 41.6. The van der Waals surface area contributed by atoms with E-state index in [1.54, 1.807) is 13.8 Å². The van der Waals surface area contributed by atoms with Gasteiger partial charge in [0.2, 0.25) is 11.9 Å². The third-order valence-electron chi connectivity index (χ3n) is 9.42. The van der Waals surface area contributed by atoms with Crippen LogP contribution in [0, 0.1) is 20.8 Å². The molecule has 0 aromatic heterocycles. The minimum atomic E-state index is -4.10. The first-order valence-electron chi connectivity index (χ1n) is 16.8. The number of nitrogens with zero attached hydrogens (tertiary/aromatic N) is 1. The molecule has 14 heteroatoms. The van der Waals surface area contributed by atoms with E-state index < -0.39 is 45.7 Å². The number of aliphatic imine (C=N–C) groups is 1. The van der Waals surface area contributed by atoms with E-state index in [0.717, 1.165) is 33.4 Å². The number of amides is 2. The Bertz CT molecular complexity index is 1960. The summed E-state index contributed by atoms with van der Waals surface area (Å²) >= 11 is 0. The number of nitrogens with one attached hydrogen (secondary N) is 3. The molecule has 1 heterocycles. The van der Waals surface area contributed by atoms with Crippen molar-refractivity contribution < 1.29 is 37.4 Å². The Morgan fingerprint density at radius 1 is 1.00 bits per heavy atom. The Balaban J connectivity index is 1.11. The average Bonchev–Trinajstić information content (AvgIpc) is 3.57. The molecule has 1 aliphatic heterocycles. The molecule has 3 aromatic rings. The van der Waals surface area contributed by atoms with Gasteiger partial charge in [-0.15, -0.1) is 0 Å². The van der Waals surface area contributed by atoms with Gasteiger partial charge in [0.1, 0.15) is 30.0 Å². The number of aliphatic carboxylic acids is 1. The molecule has 51 heavy (non-hydrogen) atoms. The molecule has 6 N–H and O–H groups in total. The highest BCUT2D eigenvalue weighted by Gasteiger charge is 2.37. The number of carboxylic acid groups (broad SMARTS) is 1. The Morgan fingerprint density at radius 2 is 1.61 bits per heavy atom.